The Labute approximate surface area is 121 Å². The smallest absolute Gasteiger partial charge is 0.201 e. The molecule has 1 aliphatic rings. The number of hydrogen-bond donors (Lipinski definition) is 1. The third-order valence-corrected chi connectivity index (χ3v) is 4.75. The van der Waals surface area contributed by atoms with Crippen LogP contribution in [-0.4, -0.2) is 9.55 Å². The highest BCUT2D eigenvalue weighted by Gasteiger charge is 2.24. The van der Waals surface area contributed by atoms with Gasteiger partial charge in [-0.05, 0) is 56.2 Å². The minimum atomic E-state index is 0.537. The molecule has 0 unspecified atom stereocenters. The average Bonchev–Trinajstić information content (AvgIpc) is 2.76. The number of nitrogen functional groups attached to an aromatic ring is 1. The highest BCUT2D eigenvalue weighted by Crippen LogP contribution is 2.37. The minimum absolute atomic E-state index is 0.537. The number of rotatable bonds is 3. The number of anilines is 1. The SMILES string of the molecule is CCCC1CCC(n2c(N)nc3ccc(C)cc32)CC1. The van der Waals surface area contributed by atoms with Crippen molar-refractivity contribution in [3.63, 3.8) is 0 Å². The molecule has 2 N–H and O–H groups in total. The van der Waals surface area contributed by atoms with Gasteiger partial charge in [0.25, 0.3) is 0 Å². The summed E-state index contributed by atoms with van der Waals surface area (Å²) in [6.45, 7) is 4.42. The van der Waals surface area contributed by atoms with E-state index < -0.39 is 0 Å². The summed E-state index contributed by atoms with van der Waals surface area (Å²) in [5.41, 5.74) is 9.70. The fourth-order valence-corrected chi connectivity index (χ4v) is 3.71. The van der Waals surface area contributed by atoms with Gasteiger partial charge in [0.15, 0.2) is 0 Å². The molecule has 1 aliphatic carbocycles. The van der Waals surface area contributed by atoms with Crippen molar-refractivity contribution < 1.29 is 0 Å². The maximum atomic E-state index is 6.18. The number of hydrogen-bond acceptors (Lipinski definition) is 2. The number of nitrogens with zero attached hydrogens (tertiary/aromatic N) is 2. The van der Waals surface area contributed by atoms with Crippen molar-refractivity contribution in [3.05, 3.63) is 23.8 Å². The summed E-state index contributed by atoms with van der Waals surface area (Å²) in [7, 11) is 0. The molecule has 0 bridgehead atoms. The zero-order chi connectivity index (χ0) is 14.1. The first kappa shape index (κ1) is 13.5. The van der Waals surface area contributed by atoms with Crippen molar-refractivity contribution in [2.24, 2.45) is 5.92 Å². The molecule has 0 saturated heterocycles. The van der Waals surface area contributed by atoms with Crippen LogP contribution in [0.25, 0.3) is 11.0 Å². The predicted octanol–water partition coefficient (Wildman–Crippen LogP) is 4.46. The number of imidazole rings is 1. The first-order valence-corrected chi connectivity index (χ1v) is 7.93. The molecule has 0 aliphatic heterocycles. The Morgan fingerprint density at radius 1 is 1.25 bits per heavy atom. The lowest BCUT2D eigenvalue weighted by atomic mass is 9.83. The summed E-state index contributed by atoms with van der Waals surface area (Å²) in [4.78, 5) is 4.53. The Kier molecular flexibility index (Phi) is 3.68. The summed E-state index contributed by atoms with van der Waals surface area (Å²) >= 11 is 0. The van der Waals surface area contributed by atoms with Gasteiger partial charge in [-0.25, -0.2) is 4.98 Å². The Hall–Kier alpha value is -1.51. The van der Waals surface area contributed by atoms with Crippen LogP contribution in [0, 0.1) is 12.8 Å². The number of fused-ring (bicyclic) bond motifs is 1. The highest BCUT2D eigenvalue weighted by atomic mass is 15.2. The van der Waals surface area contributed by atoms with E-state index in [0.717, 1.165) is 11.4 Å². The van der Waals surface area contributed by atoms with E-state index in [1.165, 1.54) is 49.6 Å². The van der Waals surface area contributed by atoms with E-state index in [1.54, 1.807) is 0 Å². The van der Waals surface area contributed by atoms with Crippen molar-refractivity contribution in [1.82, 2.24) is 9.55 Å². The van der Waals surface area contributed by atoms with Gasteiger partial charge in [0.2, 0.25) is 5.95 Å². The van der Waals surface area contributed by atoms with E-state index >= 15 is 0 Å². The van der Waals surface area contributed by atoms with Crippen LogP contribution >= 0.6 is 0 Å². The molecule has 0 atom stereocenters. The molecule has 0 amide bonds. The number of benzene rings is 1. The molecule has 1 aromatic carbocycles. The normalized spacial score (nSPS) is 23.3. The zero-order valence-electron chi connectivity index (χ0n) is 12.6. The summed E-state index contributed by atoms with van der Waals surface area (Å²) in [5, 5.41) is 0. The summed E-state index contributed by atoms with van der Waals surface area (Å²) in [6, 6.07) is 6.95. The molecule has 108 valence electrons. The number of aromatic nitrogens is 2. The monoisotopic (exact) mass is 271 g/mol. The van der Waals surface area contributed by atoms with Gasteiger partial charge in [0, 0.05) is 6.04 Å². The van der Waals surface area contributed by atoms with Crippen molar-refractivity contribution >= 4 is 17.0 Å². The summed E-state index contributed by atoms with van der Waals surface area (Å²) < 4.78 is 2.28. The predicted molar refractivity (Wildman–Crippen MR) is 84.8 cm³/mol. The maximum absolute atomic E-state index is 6.18. The molecule has 3 rings (SSSR count). The van der Waals surface area contributed by atoms with Crippen LogP contribution in [0.15, 0.2) is 18.2 Å². The van der Waals surface area contributed by atoms with Gasteiger partial charge in [-0.15, -0.1) is 0 Å². The topological polar surface area (TPSA) is 43.8 Å². The van der Waals surface area contributed by atoms with Crippen LogP contribution < -0.4 is 5.73 Å². The molecule has 0 radical (unpaired) electrons. The molecule has 3 heteroatoms. The van der Waals surface area contributed by atoms with E-state index in [9.17, 15) is 0 Å². The summed E-state index contributed by atoms with van der Waals surface area (Å²) in [5.74, 6) is 1.61. The van der Waals surface area contributed by atoms with Gasteiger partial charge in [0.1, 0.15) is 0 Å². The minimum Gasteiger partial charge on any atom is -0.369 e. The second kappa shape index (κ2) is 5.47. The van der Waals surface area contributed by atoms with Crippen molar-refractivity contribution in [2.75, 3.05) is 5.73 Å². The van der Waals surface area contributed by atoms with Gasteiger partial charge in [0.05, 0.1) is 11.0 Å². The Balaban J connectivity index is 1.87. The fraction of sp³-hybridized carbons (Fsp3) is 0.588. The first-order valence-electron chi connectivity index (χ1n) is 7.93. The Bertz CT molecular complexity index is 592. The molecular weight excluding hydrogens is 246 g/mol. The molecule has 0 spiro atoms. The van der Waals surface area contributed by atoms with Crippen LogP contribution in [-0.2, 0) is 0 Å². The van der Waals surface area contributed by atoms with Crippen LogP contribution in [0.2, 0.25) is 0 Å². The van der Waals surface area contributed by atoms with E-state index in [1.807, 2.05) is 0 Å². The highest BCUT2D eigenvalue weighted by molar-refractivity contribution is 5.79. The quantitative estimate of drug-likeness (QED) is 0.895. The van der Waals surface area contributed by atoms with E-state index in [0.29, 0.717) is 12.0 Å². The van der Waals surface area contributed by atoms with E-state index in [4.69, 9.17) is 5.73 Å². The first-order chi connectivity index (χ1) is 9.69. The molecule has 2 aromatic rings. The van der Waals surface area contributed by atoms with Gasteiger partial charge < -0.3 is 10.3 Å². The van der Waals surface area contributed by atoms with Crippen LogP contribution in [0.4, 0.5) is 5.95 Å². The van der Waals surface area contributed by atoms with E-state index in [2.05, 4.69) is 41.6 Å². The number of nitrogens with two attached hydrogens (primary N) is 1. The van der Waals surface area contributed by atoms with Gasteiger partial charge in [-0.1, -0.05) is 25.8 Å². The fourth-order valence-electron chi connectivity index (χ4n) is 3.71. The van der Waals surface area contributed by atoms with Crippen LogP contribution in [0.5, 0.6) is 0 Å². The number of aryl methyl sites for hydroxylation is 1. The van der Waals surface area contributed by atoms with Gasteiger partial charge in [-0.3, -0.25) is 0 Å². The molecule has 1 saturated carbocycles. The lowest BCUT2D eigenvalue weighted by Gasteiger charge is -2.30. The van der Waals surface area contributed by atoms with Crippen molar-refractivity contribution in [3.8, 4) is 0 Å². The molecule has 1 heterocycles. The molecular formula is C17H25N3. The summed E-state index contributed by atoms with van der Waals surface area (Å²) in [6.07, 6.45) is 7.85. The van der Waals surface area contributed by atoms with Crippen molar-refractivity contribution in [2.45, 2.75) is 58.4 Å². The standard InChI is InChI=1S/C17H25N3/c1-3-4-13-6-8-14(9-7-13)20-16-11-12(2)5-10-15(16)19-17(20)18/h5,10-11,13-14H,3-4,6-9H2,1-2H3,(H2,18,19). The maximum Gasteiger partial charge on any atom is 0.201 e. The van der Waals surface area contributed by atoms with Gasteiger partial charge in [-0.2, -0.15) is 0 Å². The second-order valence-corrected chi connectivity index (χ2v) is 6.30. The van der Waals surface area contributed by atoms with E-state index in [-0.39, 0.29) is 0 Å². The average molecular weight is 271 g/mol. The lowest BCUT2D eigenvalue weighted by Crippen LogP contribution is -2.19. The van der Waals surface area contributed by atoms with Crippen LogP contribution in [0.3, 0.4) is 0 Å². The lowest BCUT2D eigenvalue weighted by molar-refractivity contribution is 0.267. The molecule has 20 heavy (non-hydrogen) atoms. The third-order valence-electron chi connectivity index (χ3n) is 4.75. The largest absolute Gasteiger partial charge is 0.369 e. The zero-order valence-corrected chi connectivity index (χ0v) is 12.6. The van der Waals surface area contributed by atoms with Crippen LogP contribution in [0.1, 0.15) is 57.1 Å². The third kappa shape index (κ3) is 2.41. The van der Waals surface area contributed by atoms with Gasteiger partial charge >= 0.3 is 0 Å². The Morgan fingerprint density at radius 3 is 2.70 bits per heavy atom. The Morgan fingerprint density at radius 2 is 2.00 bits per heavy atom. The van der Waals surface area contributed by atoms with Crippen molar-refractivity contribution in [1.29, 1.82) is 0 Å². The molecule has 1 fully saturated rings. The second-order valence-electron chi connectivity index (χ2n) is 6.30. The molecule has 3 nitrogen and oxygen atoms in total. The molecule has 1 aromatic heterocycles.